The Morgan fingerprint density at radius 1 is 0.778 bits per heavy atom. The van der Waals surface area contributed by atoms with Crippen molar-refractivity contribution in [3.8, 4) is 11.5 Å². The van der Waals surface area contributed by atoms with Crippen LogP contribution in [0.2, 0.25) is 0 Å². The zero-order chi connectivity index (χ0) is 43.7. The number of carbonyl (C=O) groups is 1. The van der Waals surface area contributed by atoms with Crippen LogP contribution in [-0.2, 0) is 26.5 Å². The van der Waals surface area contributed by atoms with Crippen molar-refractivity contribution >= 4 is 29.2 Å². The first-order valence-corrected chi connectivity index (χ1v) is 11.9. The van der Waals surface area contributed by atoms with Crippen molar-refractivity contribution in [2.45, 2.75) is 111 Å². The number of aromatic hydroxyl groups is 1. The number of rotatable bonds is 1. The number of hydrogen-bond acceptors (Lipinski definition) is 3. The van der Waals surface area contributed by atoms with Gasteiger partial charge >= 0.3 is 5.97 Å². The van der Waals surface area contributed by atoms with Gasteiger partial charge in [-0.15, -0.1) is 23.2 Å². The average Bonchev–Trinajstić information content (AvgIpc) is 2.85. The second-order valence-corrected chi connectivity index (χ2v) is 10.9. The van der Waals surface area contributed by atoms with E-state index in [9.17, 15) is 9.90 Å². The maximum absolute atomic E-state index is 11.5. The SMILES string of the molecule is ClCCl.[2H]C([2H])([2H])C(c1cc(C(C)(C)C)ccc1O)(C([2H])([2H])[2H])C([2H])([2H])[2H].[2H]C([2H])([2H])C(c1cc(C(C)(C)C)ccc1OC(C)=O)(C([2H])([2H])[2H])C([2H])([2H])[2H]. The van der Waals surface area contributed by atoms with E-state index in [0.29, 0.717) is 11.1 Å². The van der Waals surface area contributed by atoms with E-state index in [-0.39, 0.29) is 11.1 Å². The Bertz CT molecular complexity index is 1500. The van der Waals surface area contributed by atoms with Crippen LogP contribution in [0.25, 0.3) is 0 Å². The predicted octanol–water partition coefficient (Wildman–Crippen LogP) is 9.62. The number of phenols is 1. The summed E-state index contributed by atoms with van der Waals surface area (Å²) in [7, 11) is 0. The van der Waals surface area contributed by atoms with Crippen molar-refractivity contribution in [2.24, 2.45) is 0 Å². The number of ether oxygens (including phenoxy) is 1. The molecule has 0 bridgehead atoms. The standard InChI is InChI=1S/C16H24O2.C14H22O.CH2Cl2/c1-11(17)18-14-9-8-12(15(2,3)4)10-13(14)16(5,6)7;1-13(2,3)10-7-8-12(15)11(9-10)14(4,5)6;2-1-3/h8-10H,1-7H3;7-9,15H,1-6H3;1H2/i5D3,6D3,7D3;4D3,5D3,6D3;. The molecule has 2 rings (SSSR count). The fraction of sp³-hybridized carbons (Fsp3) is 0.581. The first kappa shape index (κ1) is 14.4. The lowest BCUT2D eigenvalue weighted by molar-refractivity contribution is -0.131. The molecule has 2 aromatic carbocycles. The second-order valence-electron chi connectivity index (χ2n) is 10.1. The van der Waals surface area contributed by atoms with Crippen LogP contribution in [0.15, 0.2) is 36.4 Å². The Balaban J connectivity index is 0.000000975. The molecule has 36 heavy (non-hydrogen) atoms. The molecule has 1 N–H and O–H groups in total. The highest BCUT2D eigenvalue weighted by molar-refractivity contribution is 6.40. The molecular weight excluding hydrogens is 491 g/mol. The van der Waals surface area contributed by atoms with Gasteiger partial charge in [0.25, 0.3) is 0 Å². The molecule has 0 aromatic heterocycles. The summed E-state index contributed by atoms with van der Waals surface area (Å²) in [5.41, 5.74) is -7.58. The zero-order valence-electron chi connectivity index (χ0n) is 39.7. The monoisotopic (exact) mass is 556 g/mol. The van der Waals surface area contributed by atoms with Crippen LogP contribution in [0.3, 0.4) is 0 Å². The number of hydrogen-bond donors (Lipinski definition) is 1. The molecule has 204 valence electrons. The molecule has 0 unspecified atom stereocenters. The molecule has 0 aliphatic rings. The fourth-order valence-electron chi connectivity index (χ4n) is 2.84. The van der Waals surface area contributed by atoms with Crippen molar-refractivity contribution in [3.05, 3.63) is 58.7 Å². The Morgan fingerprint density at radius 3 is 1.56 bits per heavy atom. The summed E-state index contributed by atoms with van der Waals surface area (Å²) in [6.07, 6.45) is 0. The number of alkyl halides is 2. The van der Waals surface area contributed by atoms with E-state index in [1.807, 2.05) is 20.8 Å². The third-order valence-electron chi connectivity index (χ3n) is 4.77. The molecule has 3 nitrogen and oxygen atoms in total. The summed E-state index contributed by atoms with van der Waals surface area (Å²) < 4.78 is 145. The number of carbonyl (C=O) groups excluding carboxylic acids is 1. The number of halogens is 2. The maximum Gasteiger partial charge on any atom is 0.308 e. The van der Waals surface area contributed by atoms with Crippen LogP contribution < -0.4 is 4.74 Å². The van der Waals surface area contributed by atoms with Gasteiger partial charge in [0.1, 0.15) is 11.5 Å². The second kappa shape index (κ2) is 13.2. The van der Waals surface area contributed by atoms with Crippen LogP contribution >= 0.6 is 23.2 Å². The van der Waals surface area contributed by atoms with Gasteiger partial charge in [-0.2, -0.15) is 0 Å². The molecular formula is C31H48Cl2O3. The first-order valence-electron chi connectivity index (χ1n) is 19.8. The molecule has 0 radical (unpaired) electrons. The normalized spacial score (nSPS) is 21.6. The van der Waals surface area contributed by atoms with Gasteiger partial charge in [-0.3, -0.25) is 4.79 Å². The van der Waals surface area contributed by atoms with Crippen molar-refractivity contribution in [2.75, 3.05) is 5.34 Å². The van der Waals surface area contributed by atoms with Crippen LogP contribution in [0.5, 0.6) is 11.5 Å². The molecule has 0 amide bonds. The predicted molar refractivity (Wildman–Crippen MR) is 157 cm³/mol. The third-order valence-corrected chi connectivity index (χ3v) is 4.77. The fourth-order valence-corrected chi connectivity index (χ4v) is 2.84. The lowest BCUT2D eigenvalue weighted by Gasteiger charge is -2.26. The molecule has 0 aliphatic heterocycles. The summed E-state index contributed by atoms with van der Waals surface area (Å²) in [6.45, 7) is -8.58. The van der Waals surface area contributed by atoms with E-state index in [4.69, 9.17) is 52.6 Å². The summed E-state index contributed by atoms with van der Waals surface area (Å²) >= 11 is 9.53. The Morgan fingerprint density at radius 2 is 1.17 bits per heavy atom. The molecule has 0 saturated carbocycles. The summed E-state index contributed by atoms with van der Waals surface area (Å²) in [5, 5.41) is 10.4. The molecule has 0 aliphatic carbocycles. The van der Waals surface area contributed by atoms with Gasteiger partial charge in [0.2, 0.25) is 0 Å². The van der Waals surface area contributed by atoms with E-state index < -0.39 is 85.6 Å². The molecule has 0 heterocycles. The molecule has 0 fully saturated rings. The van der Waals surface area contributed by atoms with Gasteiger partial charge in [-0.05, 0) is 50.5 Å². The van der Waals surface area contributed by atoms with E-state index in [0.717, 1.165) is 13.0 Å². The highest BCUT2D eigenvalue weighted by Gasteiger charge is 2.24. The lowest BCUT2D eigenvalue weighted by Crippen LogP contribution is -2.18. The van der Waals surface area contributed by atoms with Crippen LogP contribution in [-0.4, -0.2) is 16.4 Å². The Hall–Kier alpha value is -1.71. The van der Waals surface area contributed by atoms with E-state index in [1.165, 1.54) is 24.3 Å². The van der Waals surface area contributed by atoms with Gasteiger partial charge in [0.05, 0.1) is 5.34 Å². The van der Waals surface area contributed by atoms with Crippen LogP contribution in [0.1, 0.15) is 137 Å². The summed E-state index contributed by atoms with van der Waals surface area (Å²) in [4.78, 5) is 11.5. The van der Waals surface area contributed by atoms with Gasteiger partial charge in [0, 0.05) is 37.2 Å². The minimum absolute atomic E-state index is 0.194. The topological polar surface area (TPSA) is 46.5 Å². The molecule has 0 atom stereocenters. The first-order chi connectivity index (χ1) is 23.6. The third kappa shape index (κ3) is 11.6. The van der Waals surface area contributed by atoms with Crippen molar-refractivity contribution in [3.63, 3.8) is 0 Å². The van der Waals surface area contributed by atoms with Gasteiger partial charge < -0.3 is 9.84 Å². The largest absolute Gasteiger partial charge is 0.508 e. The van der Waals surface area contributed by atoms with Crippen LogP contribution in [0.4, 0.5) is 0 Å². The summed E-state index contributed by atoms with van der Waals surface area (Å²) in [6, 6.07) is 7.85. The van der Waals surface area contributed by atoms with Crippen molar-refractivity contribution < 1.29 is 39.3 Å². The number of phenolic OH excluding ortho intramolecular Hbond substituents is 1. The van der Waals surface area contributed by atoms with Gasteiger partial charge in [-0.1, -0.05) is 107 Å². The number of esters is 1. The van der Waals surface area contributed by atoms with Gasteiger partial charge in [-0.25, -0.2) is 0 Å². The highest BCUT2D eigenvalue weighted by atomic mass is 35.5. The molecule has 0 spiro atoms. The van der Waals surface area contributed by atoms with E-state index in [1.54, 1.807) is 26.8 Å². The number of benzene rings is 2. The maximum atomic E-state index is 11.5. The lowest BCUT2D eigenvalue weighted by atomic mass is 9.80. The Kier molecular flexibility index (Phi) is 5.29. The Labute approximate surface area is 255 Å². The minimum atomic E-state index is -3.44. The van der Waals surface area contributed by atoms with Crippen molar-refractivity contribution in [1.82, 2.24) is 0 Å². The smallest absolute Gasteiger partial charge is 0.308 e. The zero-order valence-corrected chi connectivity index (χ0v) is 23.2. The molecule has 0 saturated heterocycles. The quantitative estimate of drug-likeness (QED) is 0.216. The van der Waals surface area contributed by atoms with Crippen LogP contribution in [0, 0.1) is 0 Å². The minimum Gasteiger partial charge on any atom is -0.508 e. The molecule has 2 aromatic rings. The van der Waals surface area contributed by atoms with Gasteiger partial charge in [0.15, 0.2) is 0 Å². The summed E-state index contributed by atoms with van der Waals surface area (Å²) in [5.74, 6) is -1.87. The average molecular weight is 558 g/mol. The van der Waals surface area contributed by atoms with E-state index >= 15 is 0 Å². The van der Waals surface area contributed by atoms with Crippen molar-refractivity contribution in [1.29, 1.82) is 0 Å². The highest BCUT2D eigenvalue weighted by Crippen LogP contribution is 2.36. The van der Waals surface area contributed by atoms with E-state index in [2.05, 4.69) is 0 Å². The molecule has 5 heteroatoms.